The molecule has 0 saturated heterocycles. The summed E-state index contributed by atoms with van der Waals surface area (Å²) >= 11 is 3.27. The smallest absolute Gasteiger partial charge is 0.161 e. The predicted molar refractivity (Wildman–Crippen MR) is 122 cm³/mol. The Hall–Kier alpha value is -2.56. The number of fused-ring (bicyclic) bond motifs is 9. The van der Waals surface area contributed by atoms with Gasteiger partial charge in [0.15, 0.2) is 10.2 Å². The van der Waals surface area contributed by atoms with E-state index in [0.29, 0.717) is 0 Å². The van der Waals surface area contributed by atoms with Crippen LogP contribution in [0.15, 0.2) is 79.7 Å². The summed E-state index contributed by atoms with van der Waals surface area (Å²) in [7, 11) is 0. The van der Waals surface area contributed by atoms with Crippen LogP contribution in [-0.2, 0) is 0 Å². The molecule has 0 atom stereocenters. The normalized spacial score (nSPS) is 12.2. The number of hydrogen-bond donors (Lipinski definition) is 0. The van der Waals surface area contributed by atoms with Crippen LogP contribution in [0.2, 0.25) is 0 Å². The number of thioether (sulfide) groups is 2. The second-order valence-corrected chi connectivity index (χ2v) is 8.53. The molecule has 4 aromatic carbocycles. The first kappa shape index (κ1) is 16.4. The van der Waals surface area contributed by atoms with Gasteiger partial charge in [0.05, 0.1) is 0 Å². The molecule has 0 radical (unpaired) electrons. The molecule has 0 saturated carbocycles. The minimum atomic E-state index is 0.946. The average Bonchev–Trinajstić information content (AvgIpc) is 3.36. The third kappa shape index (κ3) is 2.19. The lowest BCUT2D eigenvalue weighted by molar-refractivity contribution is 0.515. The zero-order chi connectivity index (χ0) is 18.8. The minimum Gasteiger partial charge on any atom is -0.450 e. The van der Waals surface area contributed by atoms with E-state index in [4.69, 9.17) is 8.83 Å². The van der Waals surface area contributed by atoms with Gasteiger partial charge in [0.2, 0.25) is 0 Å². The highest BCUT2D eigenvalue weighted by atomic mass is 32.2. The second-order valence-electron chi connectivity index (χ2n) is 6.91. The highest BCUT2D eigenvalue weighted by molar-refractivity contribution is 7.98. The summed E-state index contributed by atoms with van der Waals surface area (Å²) in [5.41, 5.74) is 1.89. The molecule has 28 heavy (non-hydrogen) atoms. The van der Waals surface area contributed by atoms with Gasteiger partial charge in [-0.15, -0.1) is 0 Å². The molecular formula is C24H16O2S2. The average molecular weight is 401 g/mol. The molecule has 0 spiro atoms. The summed E-state index contributed by atoms with van der Waals surface area (Å²) in [5, 5.41) is 11.8. The Morgan fingerprint density at radius 2 is 0.786 bits per heavy atom. The van der Waals surface area contributed by atoms with Crippen molar-refractivity contribution in [3.63, 3.8) is 0 Å². The minimum absolute atomic E-state index is 0.946. The maximum absolute atomic E-state index is 5.92. The van der Waals surface area contributed by atoms with Crippen LogP contribution in [0.5, 0.6) is 0 Å². The molecule has 2 aromatic heterocycles. The molecule has 0 amide bonds. The van der Waals surface area contributed by atoms with Crippen LogP contribution in [0, 0.1) is 0 Å². The zero-order valence-electron chi connectivity index (χ0n) is 15.4. The fourth-order valence-corrected chi connectivity index (χ4v) is 5.05. The van der Waals surface area contributed by atoms with Gasteiger partial charge in [-0.25, -0.2) is 0 Å². The number of rotatable bonds is 2. The lowest BCUT2D eigenvalue weighted by Crippen LogP contribution is -1.82. The zero-order valence-corrected chi connectivity index (χ0v) is 17.0. The van der Waals surface area contributed by atoms with E-state index in [1.165, 1.54) is 43.1 Å². The molecule has 136 valence electrons. The van der Waals surface area contributed by atoms with Crippen molar-refractivity contribution in [2.75, 3.05) is 12.5 Å². The Balaban J connectivity index is 1.73. The number of hydrogen-bond acceptors (Lipinski definition) is 4. The largest absolute Gasteiger partial charge is 0.450 e. The first-order valence-corrected chi connectivity index (χ1v) is 11.5. The van der Waals surface area contributed by atoms with Crippen molar-refractivity contribution in [1.29, 1.82) is 0 Å². The van der Waals surface area contributed by atoms with Crippen LogP contribution in [0.25, 0.3) is 54.3 Å². The van der Waals surface area contributed by atoms with Gasteiger partial charge < -0.3 is 8.83 Å². The highest BCUT2D eigenvalue weighted by Crippen LogP contribution is 2.39. The van der Waals surface area contributed by atoms with Crippen molar-refractivity contribution < 1.29 is 8.83 Å². The molecule has 0 aliphatic rings. The van der Waals surface area contributed by atoms with Crippen molar-refractivity contribution in [2.24, 2.45) is 0 Å². The Bertz CT molecular complexity index is 1420. The molecule has 2 nitrogen and oxygen atoms in total. The fraction of sp³-hybridized carbons (Fsp3) is 0.0833. The summed E-state index contributed by atoms with van der Waals surface area (Å²) < 4.78 is 11.8. The third-order valence-corrected chi connectivity index (χ3v) is 6.75. The summed E-state index contributed by atoms with van der Waals surface area (Å²) in [6.07, 6.45) is 4.08. The molecule has 0 unspecified atom stereocenters. The van der Waals surface area contributed by atoms with Gasteiger partial charge >= 0.3 is 0 Å². The summed E-state index contributed by atoms with van der Waals surface area (Å²) in [6.45, 7) is 0. The highest BCUT2D eigenvalue weighted by Gasteiger charge is 2.13. The molecule has 0 bridgehead atoms. The second kappa shape index (κ2) is 5.97. The van der Waals surface area contributed by atoms with E-state index in [2.05, 4.69) is 60.7 Å². The van der Waals surface area contributed by atoms with Gasteiger partial charge in [0.25, 0.3) is 0 Å². The van der Waals surface area contributed by atoms with E-state index in [9.17, 15) is 0 Å². The predicted octanol–water partition coefficient (Wildman–Crippen LogP) is 8.08. The molecule has 0 fully saturated rings. The Labute approximate surface area is 169 Å². The SMILES string of the molecule is CSc1cc2c(ccc3c2ccc2c4ccc5oc(SC)cc5c4ccc32)o1. The molecule has 6 aromatic rings. The van der Waals surface area contributed by atoms with Crippen molar-refractivity contribution in [1.82, 2.24) is 0 Å². The van der Waals surface area contributed by atoms with Crippen molar-refractivity contribution in [3.05, 3.63) is 60.7 Å². The number of furan rings is 2. The van der Waals surface area contributed by atoms with Crippen LogP contribution in [0.1, 0.15) is 0 Å². The van der Waals surface area contributed by atoms with E-state index in [0.717, 1.165) is 21.4 Å². The lowest BCUT2D eigenvalue weighted by Gasteiger charge is -2.08. The van der Waals surface area contributed by atoms with Crippen molar-refractivity contribution in [3.8, 4) is 0 Å². The van der Waals surface area contributed by atoms with Gasteiger partial charge in [-0.3, -0.25) is 0 Å². The first-order valence-electron chi connectivity index (χ1n) is 9.09. The van der Waals surface area contributed by atoms with Crippen LogP contribution in [0.3, 0.4) is 0 Å². The summed E-state index contributed by atoms with van der Waals surface area (Å²) in [4.78, 5) is 0. The molecular weight excluding hydrogens is 384 g/mol. The monoisotopic (exact) mass is 400 g/mol. The van der Waals surface area contributed by atoms with E-state index in [-0.39, 0.29) is 0 Å². The van der Waals surface area contributed by atoms with Gasteiger partial charge in [-0.05, 0) is 69.1 Å². The maximum Gasteiger partial charge on any atom is 0.161 e. The molecule has 0 aliphatic heterocycles. The van der Waals surface area contributed by atoms with Crippen LogP contribution >= 0.6 is 23.5 Å². The van der Waals surface area contributed by atoms with Crippen molar-refractivity contribution >= 4 is 77.8 Å². The summed E-state index contributed by atoms with van der Waals surface area (Å²) in [5.74, 6) is 0. The van der Waals surface area contributed by atoms with Gasteiger partial charge in [0, 0.05) is 10.8 Å². The van der Waals surface area contributed by atoms with E-state index < -0.39 is 0 Å². The van der Waals surface area contributed by atoms with E-state index in [1.807, 2.05) is 12.5 Å². The molecule has 2 heterocycles. The van der Waals surface area contributed by atoms with E-state index >= 15 is 0 Å². The Morgan fingerprint density at radius 3 is 1.14 bits per heavy atom. The van der Waals surface area contributed by atoms with Gasteiger partial charge in [-0.1, -0.05) is 59.9 Å². The molecule has 0 N–H and O–H groups in total. The molecule has 4 heteroatoms. The van der Waals surface area contributed by atoms with Crippen LogP contribution in [0.4, 0.5) is 0 Å². The quantitative estimate of drug-likeness (QED) is 0.217. The Kier molecular flexibility index (Phi) is 3.49. The Morgan fingerprint density at radius 1 is 0.464 bits per heavy atom. The molecule has 0 aliphatic carbocycles. The summed E-state index contributed by atoms with van der Waals surface area (Å²) in [6, 6.07) is 21.8. The third-order valence-electron chi connectivity index (χ3n) is 5.55. The first-order chi connectivity index (χ1) is 13.8. The van der Waals surface area contributed by atoms with Crippen LogP contribution in [-0.4, -0.2) is 12.5 Å². The van der Waals surface area contributed by atoms with Crippen molar-refractivity contribution in [2.45, 2.75) is 10.2 Å². The standard InChI is InChI=1S/C24H16O2S2/c1-27-23-11-19-17-5-3-14-13(15(17)7-9-21(19)25-23)4-6-18-16(14)8-10-22-20(18)12-24(26-22)28-2/h3-12H,1-2H3. The van der Waals surface area contributed by atoms with Crippen LogP contribution < -0.4 is 0 Å². The lowest BCUT2D eigenvalue weighted by atomic mass is 9.95. The van der Waals surface area contributed by atoms with Gasteiger partial charge in [0.1, 0.15) is 11.2 Å². The van der Waals surface area contributed by atoms with E-state index in [1.54, 1.807) is 23.5 Å². The number of benzene rings is 4. The fourth-order valence-electron chi connectivity index (χ4n) is 4.23. The topological polar surface area (TPSA) is 26.3 Å². The molecule has 6 rings (SSSR count). The van der Waals surface area contributed by atoms with Gasteiger partial charge in [-0.2, -0.15) is 0 Å². The maximum atomic E-state index is 5.92.